The number of methoxy groups -OCH3 is 1. The van der Waals surface area contributed by atoms with Crippen molar-refractivity contribution in [2.24, 2.45) is 0 Å². The second-order valence-electron chi connectivity index (χ2n) is 5.70. The molecule has 0 saturated heterocycles. The van der Waals surface area contributed by atoms with Gasteiger partial charge >= 0.3 is 0 Å². The molecule has 24 heavy (non-hydrogen) atoms. The molecule has 0 aliphatic rings. The lowest BCUT2D eigenvalue weighted by molar-refractivity contribution is 0.0938. The normalized spacial score (nSPS) is 11.3. The van der Waals surface area contributed by atoms with Crippen LogP contribution in [-0.4, -0.2) is 40.9 Å². The van der Waals surface area contributed by atoms with Crippen LogP contribution >= 0.6 is 11.3 Å². The van der Waals surface area contributed by atoms with Crippen LogP contribution in [0.15, 0.2) is 29.8 Å². The lowest BCUT2D eigenvalue weighted by atomic mass is 10.1. The highest BCUT2D eigenvalue weighted by Crippen LogP contribution is 2.28. The molecule has 0 aliphatic heterocycles. The molecule has 1 amide bonds. The van der Waals surface area contributed by atoms with Gasteiger partial charge in [0, 0.05) is 19.7 Å². The van der Waals surface area contributed by atoms with E-state index in [1.165, 1.54) is 0 Å². The summed E-state index contributed by atoms with van der Waals surface area (Å²) in [4.78, 5) is 18.4. The van der Waals surface area contributed by atoms with Crippen LogP contribution in [0.4, 0.5) is 0 Å². The van der Waals surface area contributed by atoms with Gasteiger partial charge in [-0.25, -0.2) is 9.67 Å². The van der Waals surface area contributed by atoms with E-state index in [1.54, 1.807) is 24.6 Å². The van der Waals surface area contributed by atoms with Crippen LogP contribution < -0.4 is 5.32 Å². The first-order chi connectivity index (χ1) is 11.6. The van der Waals surface area contributed by atoms with E-state index in [-0.39, 0.29) is 11.9 Å². The summed E-state index contributed by atoms with van der Waals surface area (Å²) in [7, 11) is 1.61. The molecule has 3 aromatic heterocycles. The minimum Gasteiger partial charge on any atom is -0.383 e. The van der Waals surface area contributed by atoms with E-state index in [1.807, 2.05) is 42.1 Å². The number of carbonyl (C=O) groups excluding carboxylic acids is 1. The Morgan fingerprint density at radius 2 is 2.29 bits per heavy atom. The number of nitrogens with zero attached hydrogens (tertiary/aromatic N) is 3. The van der Waals surface area contributed by atoms with Gasteiger partial charge in [0.1, 0.15) is 0 Å². The maximum Gasteiger partial charge on any atom is 0.252 e. The molecule has 0 spiro atoms. The minimum absolute atomic E-state index is 0.138. The topological polar surface area (TPSA) is 69.0 Å². The van der Waals surface area contributed by atoms with Gasteiger partial charge in [-0.05, 0) is 31.4 Å². The number of hydrogen-bond donors (Lipinski definition) is 1. The molecule has 3 aromatic rings. The number of fused-ring (bicyclic) bond motifs is 1. The molecular weight excluding hydrogens is 324 g/mol. The van der Waals surface area contributed by atoms with Crippen LogP contribution in [0.2, 0.25) is 0 Å². The van der Waals surface area contributed by atoms with E-state index in [4.69, 9.17) is 9.72 Å². The molecule has 0 aliphatic carbocycles. The monoisotopic (exact) mass is 344 g/mol. The highest BCUT2D eigenvalue weighted by atomic mass is 32.1. The van der Waals surface area contributed by atoms with Crippen LogP contribution in [0.5, 0.6) is 0 Å². The van der Waals surface area contributed by atoms with E-state index in [0.29, 0.717) is 18.7 Å². The number of pyridine rings is 1. The first-order valence-electron chi connectivity index (χ1n) is 7.81. The maximum absolute atomic E-state index is 12.6. The third-order valence-electron chi connectivity index (χ3n) is 3.67. The Kier molecular flexibility index (Phi) is 4.92. The molecular formula is C17H20N4O2S. The van der Waals surface area contributed by atoms with Gasteiger partial charge in [-0.1, -0.05) is 6.07 Å². The van der Waals surface area contributed by atoms with Crippen molar-refractivity contribution in [2.75, 3.05) is 20.3 Å². The number of carbonyl (C=O) groups is 1. The van der Waals surface area contributed by atoms with Crippen molar-refractivity contribution < 1.29 is 9.53 Å². The van der Waals surface area contributed by atoms with Gasteiger partial charge in [-0.3, -0.25) is 4.79 Å². The largest absolute Gasteiger partial charge is 0.383 e. The summed E-state index contributed by atoms with van der Waals surface area (Å²) in [6.07, 6.45) is 1.71. The number of ether oxygens (including phenoxy) is 1. The number of aromatic nitrogens is 3. The summed E-state index contributed by atoms with van der Waals surface area (Å²) < 4.78 is 6.84. The molecule has 0 atom stereocenters. The minimum atomic E-state index is -0.138. The summed E-state index contributed by atoms with van der Waals surface area (Å²) >= 11 is 1.60. The van der Waals surface area contributed by atoms with Crippen molar-refractivity contribution in [1.82, 2.24) is 20.1 Å². The predicted octanol–water partition coefficient (Wildman–Crippen LogP) is 3.12. The van der Waals surface area contributed by atoms with E-state index in [9.17, 15) is 4.79 Å². The quantitative estimate of drug-likeness (QED) is 0.698. The van der Waals surface area contributed by atoms with Crippen LogP contribution in [0.1, 0.15) is 30.2 Å². The third kappa shape index (κ3) is 3.18. The fourth-order valence-corrected chi connectivity index (χ4v) is 3.18. The van der Waals surface area contributed by atoms with E-state index in [2.05, 4.69) is 10.4 Å². The SMILES string of the molecule is COCCNC(=O)c1cc(-c2cccs2)nc2c1cnn2C(C)C. The first-order valence-corrected chi connectivity index (χ1v) is 8.69. The van der Waals surface area contributed by atoms with Gasteiger partial charge in [0.25, 0.3) is 5.91 Å². The second-order valence-corrected chi connectivity index (χ2v) is 6.65. The standard InChI is InChI=1S/C17H20N4O2S/c1-11(2)21-16-13(10-19-21)12(17(22)18-6-7-23-3)9-14(20-16)15-5-4-8-24-15/h4-5,8-11H,6-7H2,1-3H3,(H,18,22). The summed E-state index contributed by atoms with van der Waals surface area (Å²) in [6.45, 7) is 5.03. The Balaban J connectivity index is 2.10. The van der Waals surface area contributed by atoms with Crippen molar-refractivity contribution >= 4 is 28.3 Å². The van der Waals surface area contributed by atoms with Crippen LogP contribution in [0.3, 0.4) is 0 Å². The van der Waals surface area contributed by atoms with Crippen molar-refractivity contribution in [1.29, 1.82) is 0 Å². The molecule has 0 bridgehead atoms. The Hall–Kier alpha value is -2.25. The molecule has 3 heterocycles. The van der Waals surface area contributed by atoms with Crippen molar-refractivity contribution in [3.05, 3.63) is 35.3 Å². The molecule has 0 aromatic carbocycles. The molecule has 126 valence electrons. The van der Waals surface area contributed by atoms with Crippen molar-refractivity contribution in [3.8, 4) is 10.6 Å². The fraction of sp³-hybridized carbons (Fsp3) is 0.353. The van der Waals surface area contributed by atoms with Gasteiger partial charge in [0.15, 0.2) is 5.65 Å². The smallest absolute Gasteiger partial charge is 0.252 e. The molecule has 0 saturated carbocycles. The highest BCUT2D eigenvalue weighted by Gasteiger charge is 2.18. The zero-order valence-electron chi connectivity index (χ0n) is 13.9. The molecule has 3 rings (SSSR count). The molecule has 1 N–H and O–H groups in total. The molecule has 6 nitrogen and oxygen atoms in total. The van der Waals surface area contributed by atoms with Gasteiger partial charge in [0.05, 0.1) is 34.3 Å². The highest BCUT2D eigenvalue weighted by molar-refractivity contribution is 7.13. The van der Waals surface area contributed by atoms with Gasteiger partial charge < -0.3 is 10.1 Å². The average Bonchev–Trinajstić information content (AvgIpc) is 3.23. The van der Waals surface area contributed by atoms with Crippen LogP contribution in [0, 0.1) is 0 Å². The number of thiophene rings is 1. The summed E-state index contributed by atoms with van der Waals surface area (Å²) in [6, 6.07) is 5.98. The van der Waals surface area contributed by atoms with E-state index >= 15 is 0 Å². The van der Waals surface area contributed by atoms with Crippen molar-refractivity contribution in [2.45, 2.75) is 19.9 Å². The maximum atomic E-state index is 12.6. The first kappa shape index (κ1) is 16.6. The average molecular weight is 344 g/mol. The lowest BCUT2D eigenvalue weighted by Crippen LogP contribution is -2.27. The number of amides is 1. The Labute approximate surface area is 144 Å². The van der Waals surface area contributed by atoms with Crippen molar-refractivity contribution in [3.63, 3.8) is 0 Å². The van der Waals surface area contributed by atoms with E-state index in [0.717, 1.165) is 21.6 Å². The molecule has 7 heteroatoms. The lowest BCUT2D eigenvalue weighted by Gasteiger charge is -2.10. The fourth-order valence-electron chi connectivity index (χ4n) is 2.50. The third-order valence-corrected chi connectivity index (χ3v) is 4.56. The zero-order valence-corrected chi connectivity index (χ0v) is 14.8. The van der Waals surface area contributed by atoms with Gasteiger partial charge in [-0.2, -0.15) is 5.10 Å². The molecule has 0 radical (unpaired) electrons. The summed E-state index contributed by atoms with van der Waals surface area (Å²) in [5, 5.41) is 10.0. The number of nitrogens with one attached hydrogen (secondary N) is 1. The van der Waals surface area contributed by atoms with Gasteiger partial charge in [-0.15, -0.1) is 11.3 Å². The Morgan fingerprint density at radius 3 is 2.96 bits per heavy atom. The number of rotatable bonds is 6. The molecule has 0 unspecified atom stereocenters. The van der Waals surface area contributed by atoms with E-state index < -0.39 is 0 Å². The second kappa shape index (κ2) is 7.11. The molecule has 0 fully saturated rings. The summed E-state index contributed by atoms with van der Waals surface area (Å²) in [5.41, 5.74) is 2.11. The van der Waals surface area contributed by atoms with Crippen LogP contribution in [-0.2, 0) is 4.74 Å². The Bertz CT molecular complexity index is 840. The van der Waals surface area contributed by atoms with Crippen LogP contribution in [0.25, 0.3) is 21.6 Å². The Morgan fingerprint density at radius 1 is 1.46 bits per heavy atom. The van der Waals surface area contributed by atoms with Gasteiger partial charge in [0.2, 0.25) is 0 Å². The predicted molar refractivity (Wildman–Crippen MR) is 95.4 cm³/mol. The number of hydrogen-bond acceptors (Lipinski definition) is 5. The summed E-state index contributed by atoms with van der Waals surface area (Å²) in [5.74, 6) is -0.138. The zero-order chi connectivity index (χ0) is 17.1.